The van der Waals surface area contributed by atoms with Crippen LogP contribution in [0, 0.1) is 5.82 Å². The first-order valence-corrected chi connectivity index (χ1v) is 8.74. The van der Waals surface area contributed by atoms with Gasteiger partial charge in [-0.3, -0.25) is 9.89 Å². The molecule has 1 amide bonds. The minimum absolute atomic E-state index is 0.0740. The van der Waals surface area contributed by atoms with E-state index in [9.17, 15) is 9.18 Å². The summed E-state index contributed by atoms with van der Waals surface area (Å²) in [6, 6.07) is 11.7. The molecule has 26 heavy (non-hydrogen) atoms. The molecule has 0 saturated carbocycles. The molecule has 0 radical (unpaired) electrons. The van der Waals surface area contributed by atoms with Crippen molar-refractivity contribution >= 4 is 40.0 Å². The summed E-state index contributed by atoms with van der Waals surface area (Å²) in [5.74, 6) is -0.648. The maximum atomic E-state index is 14.0. The van der Waals surface area contributed by atoms with E-state index < -0.39 is 0 Å². The quantitative estimate of drug-likeness (QED) is 0.660. The average Bonchev–Trinajstić information content (AvgIpc) is 3.01. The Balaban J connectivity index is 1.96. The van der Waals surface area contributed by atoms with E-state index in [2.05, 4.69) is 15.5 Å². The molecule has 3 rings (SSSR count). The number of fused-ring (bicyclic) bond motifs is 1. The van der Waals surface area contributed by atoms with Gasteiger partial charge in [0.25, 0.3) is 5.91 Å². The highest BCUT2D eigenvalue weighted by molar-refractivity contribution is 6.55. The summed E-state index contributed by atoms with van der Waals surface area (Å²) < 4.78 is 14.1. The molecule has 2 N–H and O–H groups in total. The number of halogens is 3. The lowest BCUT2D eigenvalue weighted by molar-refractivity contribution is 0.0943. The van der Waals surface area contributed by atoms with Crippen molar-refractivity contribution in [2.75, 3.05) is 0 Å². The zero-order chi connectivity index (χ0) is 18.7. The molecule has 3 aromatic rings. The van der Waals surface area contributed by atoms with E-state index in [4.69, 9.17) is 23.2 Å². The average molecular weight is 392 g/mol. The number of H-pyrrole nitrogens is 1. The number of hydrogen-bond donors (Lipinski definition) is 2. The first-order valence-electron chi connectivity index (χ1n) is 7.98. The molecule has 7 heteroatoms. The highest BCUT2D eigenvalue weighted by atomic mass is 35.5. The van der Waals surface area contributed by atoms with Crippen LogP contribution >= 0.6 is 23.2 Å². The van der Waals surface area contributed by atoms with Gasteiger partial charge >= 0.3 is 0 Å². The van der Waals surface area contributed by atoms with Crippen LogP contribution in [-0.2, 0) is 6.42 Å². The largest absolute Gasteiger partial charge is 0.345 e. The van der Waals surface area contributed by atoms with Crippen LogP contribution in [0.4, 0.5) is 4.39 Å². The van der Waals surface area contributed by atoms with Crippen molar-refractivity contribution < 1.29 is 9.18 Å². The molecule has 0 aliphatic carbocycles. The van der Waals surface area contributed by atoms with Crippen LogP contribution in [0.2, 0.25) is 0 Å². The number of hydrogen-bond acceptors (Lipinski definition) is 2. The fourth-order valence-electron chi connectivity index (χ4n) is 2.81. The Morgan fingerprint density at radius 1 is 1.23 bits per heavy atom. The van der Waals surface area contributed by atoms with Gasteiger partial charge in [0.05, 0.1) is 5.52 Å². The van der Waals surface area contributed by atoms with Crippen LogP contribution in [0.15, 0.2) is 53.0 Å². The zero-order valence-electron chi connectivity index (χ0n) is 13.9. The molecule has 4 nitrogen and oxygen atoms in total. The second-order valence-corrected chi connectivity index (χ2v) is 6.91. The van der Waals surface area contributed by atoms with Crippen molar-refractivity contribution in [2.45, 2.75) is 19.4 Å². The molecule has 134 valence electrons. The van der Waals surface area contributed by atoms with Gasteiger partial charge in [0.2, 0.25) is 0 Å². The number of carbonyl (C=O) groups is 1. The third-order valence-electron chi connectivity index (χ3n) is 3.96. The molecular formula is C19H16Cl2FN3O. The number of benzene rings is 2. The van der Waals surface area contributed by atoms with Gasteiger partial charge in [-0.05, 0) is 36.3 Å². The molecule has 1 atom stereocenters. The van der Waals surface area contributed by atoms with Gasteiger partial charge in [0.1, 0.15) is 10.3 Å². The van der Waals surface area contributed by atoms with Gasteiger partial charge in [-0.25, -0.2) is 4.39 Å². The fourth-order valence-corrected chi connectivity index (χ4v) is 3.19. The third-order valence-corrected chi connectivity index (χ3v) is 4.22. The molecule has 2 aromatic carbocycles. The molecule has 1 unspecified atom stereocenters. The minimum Gasteiger partial charge on any atom is -0.345 e. The fraction of sp³-hybridized carbons (Fsp3) is 0.158. The van der Waals surface area contributed by atoms with Gasteiger partial charge in [-0.15, -0.1) is 0 Å². The number of rotatable bonds is 5. The molecule has 0 saturated heterocycles. The van der Waals surface area contributed by atoms with Crippen LogP contribution in [0.3, 0.4) is 0 Å². The molecular weight excluding hydrogens is 376 g/mol. The highest BCUT2D eigenvalue weighted by Gasteiger charge is 2.19. The van der Waals surface area contributed by atoms with Gasteiger partial charge in [0.15, 0.2) is 5.69 Å². The first kappa shape index (κ1) is 18.4. The normalized spacial score (nSPS) is 12.0. The lowest BCUT2D eigenvalue weighted by Crippen LogP contribution is -2.31. The van der Waals surface area contributed by atoms with Gasteiger partial charge in [-0.2, -0.15) is 5.10 Å². The Morgan fingerprint density at radius 2 is 1.96 bits per heavy atom. The third kappa shape index (κ3) is 4.06. The van der Waals surface area contributed by atoms with Crippen LogP contribution < -0.4 is 5.32 Å². The number of aromatic amines is 1. The number of aromatic nitrogens is 2. The van der Waals surface area contributed by atoms with Crippen molar-refractivity contribution in [3.63, 3.8) is 0 Å². The van der Waals surface area contributed by atoms with Crippen molar-refractivity contribution in [1.29, 1.82) is 0 Å². The Bertz CT molecular complexity index is 980. The van der Waals surface area contributed by atoms with Crippen molar-refractivity contribution in [1.82, 2.24) is 15.5 Å². The summed E-state index contributed by atoms with van der Waals surface area (Å²) in [6.45, 7) is 1.75. The second-order valence-electron chi connectivity index (χ2n) is 5.90. The first-order chi connectivity index (χ1) is 12.5. The van der Waals surface area contributed by atoms with E-state index in [1.165, 1.54) is 12.1 Å². The van der Waals surface area contributed by atoms with E-state index in [1.807, 2.05) is 18.2 Å². The van der Waals surface area contributed by atoms with E-state index in [-0.39, 0.29) is 28.0 Å². The molecule has 0 aliphatic rings. The highest BCUT2D eigenvalue weighted by Crippen LogP contribution is 2.24. The minimum atomic E-state index is -0.365. The maximum absolute atomic E-state index is 14.0. The summed E-state index contributed by atoms with van der Waals surface area (Å²) in [6.07, 6.45) is 1.86. The monoisotopic (exact) mass is 391 g/mol. The summed E-state index contributed by atoms with van der Waals surface area (Å²) in [4.78, 5) is 12.6. The standard InChI is InChI=1S/C19H16Cl2FN3O/c1-11(9-16(20)21)23-19(26)18-17-13(6-4-8-15(17)24-25-18)10-12-5-2-3-7-14(12)22/h2-9,11H,10H2,1H3,(H,23,26)(H,24,25). The predicted octanol–water partition coefficient (Wildman–Crippen LogP) is 4.73. The van der Waals surface area contributed by atoms with Gasteiger partial charge < -0.3 is 5.32 Å². The maximum Gasteiger partial charge on any atom is 0.272 e. The van der Waals surface area contributed by atoms with E-state index in [0.717, 1.165) is 5.56 Å². The Kier molecular flexibility index (Phi) is 5.59. The summed E-state index contributed by atoms with van der Waals surface area (Å²) in [7, 11) is 0. The predicted molar refractivity (Wildman–Crippen MR) is 102 cm³/mol. The van der Waals surface area contributed by atoms with E-state index in [1.54, 1.807) is 25.1 Å². The molecule has 0 fully saturated rings. The smallest absolute Gasteiger partial charge is 0.272 e. The topological polar surface area (TPSA) is 57.8 Å². The summed E-state index contributed by atoms with van der Waals surface area (Å²) in [5, 5.41) is 10.4. The zero-order valence-corrected chi connectivity index (χ0v) is 15.4. The lowest BCUT2D eigenvalue weighted by Gasteiger charge is -2.10. The number of nitrogens with zero attached hydrogens (tertiary/aromatic N) is 1. The van der Waals surface area contributed by atoms with Crippen molar-refractivity contribution in [2.24, 2.45) is 0 Å². The summed E-state index contributed by atoms with van der Waals surface area (Å²) in [5.41, 5.74) is 2.32. The Morgan fingerprint density at radius 3 is 2.69 bits per heavy atom. The summed E-state index contributed by atoms with van der Waals surface area (Å²) >= 11 is 11.2. The molecule has 0 bridgehead atoms. The van der Waals surface area contributed by atoms with Crippen LogP contribution in [-0.4, -0.2) is 22.1 Å². The Labute approximate surface area is 160 Å². The van der Waals surface area contributed by atoms with Gasteiger partial charge in [-0.1, -0.05) is 53.5 Å². The molecule has 0 aliphatic heterocycles. The lowest BCUT2D eigenvalue weighted by atomic mass is 9.99. The van der Waals surface area contributed by atoms with Gasteiger partial charge in [0, 0.05) is 17.8 Å². The van der Waals surface area contributed by atoms with E-state index in [0.29, 0.717) is 22.9 Å². The van der Waals surface area contributed by atoms with Crippen molar-refractivity contribution in [3.8, 4) is 0 Å². The SMILES string of the molecule is CC(C=C(Cl)Cl)NC(=O)c1n[nH]c2cccc(Cc3ccccc3F)c12. The van der Waals surface area contributed by atoms with Crippen molar-refractivity contribution in [3.05, 3.63) is 75.7 Å². The number of amides is 1. The van der Waals surface area contributed by atoms with Crippen LogP contribution in [0.1, 0.15) is 28.5 Å². The van der Waals surface area contributed by atoms with Crippen LogP contribution in [0.25, 0.3) is 10.9 Å². The number of nitrogens with one attached hydrogen (secondary N) is 2. The van der Waals surface area contributed by atoms with Crippen LogP contribution in [0.5, 0.6) is 0 Å². The number of carbonyl (C=O) groups excluding carboxylic acids is 1. The molecule has 0 spiro atoms. The molecule has 1 heterocycles. The van der Waals surface area contributed by atoms with E-state index >= 15 is 0 Å². The Hall–Kier alpha value is -2.37. The molecule has 1 aromatic heterocycles. The second kappa shape index (κ2) is 7.89.